The molecular formula is C20H23ClN2O3. The fourth-order valence-electron chi connectivity index (χ4n) is 2.92. The molecule has 0 spiro atoms. The summed E-state index contributed by atoms with van der Waals surface area (Å²) in [7, 11) is 0. The average Bonchev–Trinajstić information content (AvgIpc) is 2.67. The van der Waals surface area contributed by atoms with Crippen molar-refractivity contribution < 1.29 is 14.3 Å². The summed E-state index contributed by atoms with van der Waals surface area (Å²) in [5.41, 5.74) is 1.09. The van der Waals surface area contributed by atoms with Crippen LogP contribution < -0.4 is 14.4 Å². The number of benzene rings is 2. The highest BCUT2D eigenvalue weighted by Crippen LogP contribution is 2.21. The van der Waals surface area contributed by atoms with Gasteiger partial charge in [0.15, 0.2) is 6.61 Å². The van der Waals surface area contributed by atoms with E-state index >= 15 is 0 Å². The highest BCUT2D eigenvalue weighted by Gasteiger charge is 2.21. The first-order valence-electron chi connectivity index (χ1n) is 8.79. The molecule has 1 saturated heterocycles. The zero-order chi connectivity index (χ0) is 18.4. The molecule has 0 saturated carbocycles. The highest BCUT2D eigenvalue weighted by atomic mass is 35.5. The third-order valence-electron chi connectivity index (χ3n) is 4.30. The molecular weight excluding hydrogens is 352 g/mol. The number of carbonyl (C=O) groups is 1. The molecule has 3 rings (SSSR count). The standard InChI is InChI=1S/C20H23ClN2O3/c1-2-25-18-6-8-19(9-7-18)26-15-20(24)23-12-10-22(11-13-23)17-5-3-4-16(21)14-17/h3-9,14H,2,10-13,15H2,1H3. The van der Waals surface area contributed by atoms with Crippen molar-refractivity contribution in [2.75, 3.05) is 44.3 Å². The minimum Gasteiger partial charge on any atom is -0.494 e. The minimum atomic E-state index is 0.00429. The Balaban J connectivity index is 1.46. The van der Waals surface area contributed by atoms with Gasteiger partial charge in [-0.15, -0.1) is 0 Å². The van der Waals surface area contributed by atoms with E-state index in [9.17, 15) is 4.79 Å². The fraction of sp³-hybridized carbons (Fsp3) is 0.350. The number of nitrogens with zero attached hydrogens (tertiary/aromatic N) is 2. The van der Waals surface area contributed by atoms with Crippen molar-refractivity contribution in [1.29, 1.82) is 0 Å². The van der Waals surface area contributed by atoms with Crippen molar-refractivity contribution >= 4 is 23.2 Å². The van der Waals surface area contributed by atoms with Gasteiger partial charge in [-0.25, -0.2) is 0 Å². The summed E-state index contributed by atoms with van der Waals surface area (Å²) in [5.74, 6) is 1.47. The maximum atomic E-state index is 12.4. The second kappa shape index (κ2) is 8.81. The van der Waals surface area contributed by atoms with Crippen molar-refractivity contribution in [1.82, 2.24) is 4.90 Å². The van der Waals surface area contributed by atoms with Gasteiger partial charge in [0.1, 0.15) is 11.5 Å². The smallest absolute Gasteiger partial charge is 0.260 e. The molecule has 6 heteroatoms. The third kappa shape index (κ3) is 4.82. The van der Waals surface area contributed by atoms with Gasteiger partial charge in [0.05, 0.1) is 6.61 Å². The zero-order valence-electron chi connectivity index (χ0n) is 14.9. The number of ether oxygens (including phenoxy) is 2. The van der Waals surface area contributed by atoms with Crippen molar-refractivity contribution in [3.8, 4) is 11.5 Å². The number of piperazine rings is 1. The Labute approximate surface area is 159 Å². The van der Waals surface area contributed by atoms with Crippen LogP contribution in [0.5, 0.6) is 11.5 Å². The van der Waals surface area contributed by atoms with Gasteiger partial charge in [0.2, 0.25) is 0 Å². The summed E-state index contributed by atoms with van der Waals surface area (Å²) in [6.07, 6.45) is 0. The fourth-order valence-corrected chi connectivity index (χ4v) is 3.11. The molecule has 26 heavy (non-hydrogen) atoms. The van der Waals surface area contributed by atoms with Gasteiger partial charge in [0.25, 0.3) is 5.91 Å². The molecule has 5 nitrogen and oxygen atoms in total. The van der Waals surface area contributed by atoms with Gasteiger partial charge in [-0.05, 0) is 49.4 Å². The summed E-state index contributed by atoms with van der Waals surface area (Å²) >= 11 is 6.05. The van der Waals surface area contributed by atoms with Crippen LogP contribution in [0.15, 0.2) is 48.5 Å². The summed E-state index contributed by atoms with van der Waals surface area (Å²) in [6, 6.07) is 15.1. The first-order valence-corrected chi connectivity index (χ1v) is 9.17. The van der Waals surface area contributed by atoms with Crippen LogP contribution in [0.2, 0.25) is 5.02 Å². The van der Waals surface area contributed by atoms with Crippen LogP contribution >= 0.6 is 11.6 Å². The molecule has 0 radical (unpaired) electrons. The summed E-state index contributed by atoms with van der Waals surface area (Å²) in [6.45, 7) is 5.54. The normalized spacial score (nSPS) is 14.2. The molecule has 0 atom stereocenters. The molecule has 2 aromatic rings. The van der Waals surface area contributed by atoms with Gasteiger partial charge in [-0.2, -0.15) is 0 Å². The van der Waals surface area contributed by atoms with E-state index in [2.05, 4.69) is 4.90 Å². The van der Waals surface area contributed by atoms with Gasteiger partial charge in [0, 0.05) is 36.9 Å². The Hall–Kier alpha value is -2.40. The number of amides is 1. The van der Waals surface area contributed by atoms with E-state index in [0.29, 0.717) is 25.4 Å². The SMILES string of the molecule is CCOc1ccc(OCC(=O)N2CCN(c3cccc(Cl)c3)CC2)cc1. The first-order chi connectivity index (χ1) is 12.7. The number of hydrogen-bond acceptors (Lipinski definition) is 4. The predicted octanol–water partition coefficient (Wildman–Crippen LogP) is 3.47. The van der Waals surface area contributed by atoms with Gasteiger partial charge in [-0.1, -0.05) is 17.7 Å². The van der Waals surface area contributed by atoms with Gasteiger partial charge < -0.3 is 19.3 Å². The molecule has 138 valence electrons. The van der Waals surface area contributed by atoms with Crippen LogP contribution in [0.4, 0.5) is 5.69 Å². The molecule has 1 aliphatic rings. The molecule has 0 N–H and O–H groups in total. The lowest BCUT2D eigenvalue weighted by molar-refractivity contribution is -0.133. The van der Waals surface area contributed by atoms with Crippen LogP contribution in [0.3, 0.4) is 0 Å². The Morgan fingerprint density at radius 2 is 1.65 bits per heavy atom. The Morgan fingerprint density at radius 1 is 1.00 bits per heavy atom. The molecule has 0 unspecified atom stereocenters. The van der Waals surface area contributed by atoms with E-state index in [1.165, 1.54) is 0 Å². The molecule has 1 fully saturated rings. The molecule has 1 amide bonds. The predicted molar refractivity (Wildman–Crippen MR) is 103 cm³/mol. The minimum absolute atomic E-state index is 0.00429. The number of rotatable bonds is 6. The average molecular weight is 375 g/mol. The Morgan fingerprint density at radius 3 is 2.27 bits per heavy atom. The Bertz CT molecular complexity index is 728. The quantitative estimate of drug-likeness (QED) is 0.776. The van der Waals surface area contributed by atoms with E-state index in [4.69, 9.17) is 21.1 Å². The van der Waals surface area contributed by atoms with Crippen LogP contribution in [0.1, 0.15) is 6.92 Å². The second-order valence-corrected chi connectivity index (χ2v) is 6.48. The lowest BCUT2D eigenvalue weighted by Crippen LogP contribution is -2.50. The number of hydrogen-bond donors (Lipinski definition) is 0. The molecule has 1 aliphatic heterocycles. The van der Waals surface area contributed by atoms with Gasteiger partial charge >= 0.3 is 0 Å². The Kier molecular flexibility index (Phi) is 6.23. The molecule has 2 aromatic carbocycles. The maximum Gasteiger partial charge on any atom is 0.260 e. The van der Waals surface area contributed by atoms with Crippen molar-refractivity contribution in [2.24, 2.45) is 0 Å². The largest absolute Gasteiger partial charge is 0.494 e. The van der Waals surface area contributed by atoms with Crippen molar-refractivity contribution in [3.05, 3.63) is 53.6 Å². The monoisotopic (exact) mass is 374 g/mol. The van der Waals surface area contributed by atoms with E-state index in [0.717, 1.165) is 29.5 Å². The van der Waals surface area contributed by atoms with Crippen LogP contribution in [-0.2, 0) is 4.79 Å². The maximum absolute atomic E-state index is 12.4. The van der Waals surface area contributed by atoms with E-state index in [-0.39, 0.29) is 12.5 Å². The van der Waals surface area contributed by atoms with E-state index < -0.39 is 0 Å². The van der Waals surface area contributed by atoms with E-state index in [1.54, 1.807) is 0 Å². The van der Waals surface area contributed by atoms with Crippen LogP contribution in [0, 0.1) is 0 Å². The second-order valence-electron chi connectivity index (χ2n) is 6.04. The highest BCUT2D eigenvalue weighted by molar-refractivity contribution is 6.30. The summed E-state index contributed by atoms with van der Waals surface area (Å²) < 4.78 is 11.0. The molecule has 1 heterocycles. The summed E-state index contributed by atoms with van der Waals surface area (Å²) in [4.78, 5) is 16.5. The summed E-state index contributed by atoms with van der Waals surface area (Å²) in [5, 5.41) is 0.727. The van der Waals surface area contributed by atoms with E-state index in [1.807, 2.05) is 60.4 Å². The first kappa shape index (κ1) is 18.4. The third-order valence-corrected chi connectivity index (χ3v) is 4.54. The molecule has 0 aliphatic carbocycles. The number of anilines is 1. The van der Waals surface area contributed by atoms with Crippen LogP contribution in [-0.4, -0.2) is 50.2 Å². The molecule has 0 aromatic heterocycles. The van der Waals surface area contributed by atoms with Crippen molar-refractivity contribution in [3.63, 3.8) is 0 Å². The van der Waals surface area contributed by atoms with Crippen LogP contribution in [0.25, 0.3) is 0 Å². The number of halogens is 1. The lowest BCUT2D eigenvalue weighted by Gasteiger charge is -2.36. The van der Waals surface area contributed by atoms with Gasteiger partial charge in [-0.3, -0.25) is 4.79 Å². The lowest BCUT2D eigenvalue weighted by atomic mass is 10.2. The van der Waals surface area contributed by atoms with Crippen molar-refractivity contribution in [2.45, 2.75) is 6.92 Å². The topological polar surface area (TPSA) is 42.0 Å². The molecule has 0 bridgehead atoms. The number of carbonyl (C=O) groups excluding carboxylic acids is 1. The zero-order valence-corrected chi connectivity index (χ0v) is 15.6.